The fourth-order valence-corrected chi connectivity index (χ4v) is 3.08. The number of aromatic nitrogens is 4. The molecule has 0 saturated carbocycles. The van der Waals surface area contributed by atoms with Crippen LogP contribution in [-0.4, -0.2) is 51.1 Å². The van der Waals surface area contributed by atoms with Crippen molar-refractivity contribution in [1.82, 2.24) is 19.7 Å². The molecule has 4 rings (SSSR count). The average molecular weight is 383 g/mol. The first-order chi connectivity index (χ1) is 13.6. The molecule has 0 aliphatic carbocycles. The van der Waals surface area contributed by atoms with Gasteiger partial charge in [0.2, 0.25) is 0 Å². The molecule has 9 heteroatoms. The number of ether oxygens (including phenoxy) is 2. The molecule has 2 aromatic heterocycles. The van der Waals surface area contributed by atoms with Gasteiger partial charge in [-0.1, -0.05) is 0 Å². The van der Waals surface area contributed by atoms with E-state index < -0.39 is 6.10 Å². The van der Waals surface area contributed by atoms with E-state index in [0.717, 1.165) is 25.1 Å². The topological polar surface area (TPSA) is 111 Å². The maximum absolute atomic E-state index is 12.3. The smallest absolute Gasteiger partial charge is 0.261 e. The SMILES string of the molecule is CC(OCC1CCCO1)C(=O)Nc1ccc(-n2ncc3c(=O)[nH]cnc32)cc1. The second-order valence-corrected chi connectivity index (χ2v) is 6.67. The van der Waals surface area contributed by atoms with Crippen LogP contribution in [-0.2, 0) is 14.3 Å². The van der Waals surface area contributed by atoms with Crippen molar-refractivity contribution in [3.05, 3.63) is 47.1 Å². The van der Waals surface area contributed by atoms with Crippen LogP contribution in [0.2, 0.25) is 0 Å². The first kappa shape index (κ1) is 18.3. The summed E-state index contributed by atoms with van der Waals surface area (Å²) in [5.74, 6) is -0.219. The van der Waals surface area contributed by atoms with Crippen LogP contribution in [0.1, 0.15) is 19.8 Å². The van der Waals surface area contributed by atoms with E-state index in [1.54, 1.807) is 35.9 Å². The average Bonchev–Trinajstić information content (AvgIpc) is 3.37. The van der Waals surface area contributed by atoms with Gasteiger partial charge < -0.3 is 19.8 Å². The van der Waals surface area contributed by atoms with Gasteiger partial charge in [0.05, 0.1) is 30.9 Å². The number of hydrogen-bond donors (Lipinski definition) is 2. The Balaban J connectivity index is 1.40. The molecule has 9 nitrogen and oxygen atoms in total. The van der Waals surface area contributed by atoms with E-state index in [1.807, 2.05) is 0 Å². The molecule has 146 valence electrons. The van der Waals surface area contributed by atoms with Gasteiger partial charge in [0.1, 0.15) is 11.5 Å². The Morgan fingerprint density at radius 2 is 2.25 bits per heavy atom. The van der Waals surface area contributed by atoms with E-state index >= 15 is 0 Å². The third kappa shape index (κ3) is 3.80. The second-order valence-electron chi connectivity index (χ2n) is 6.67. The predicted molar refractivity (Wildman–Crippen MR) is 103 cm³/mol. The van der Waals surface area contributed by atoms with Crippen molar-refractivity contribution in [2.75, 3.05) is 18.5 Å². The third-order valence-electron chi connectivity index (χ3n) is 4.68. The van der Waals surface area contributed by atoms with Gasteiger partial charge in [-0.25, -0.2) is 9.67 Å². The summed E-state index contributed by atoms with van der Waals surface area (Å²) in [6.45, 7) is 2.90. The van der Waals surface area contributed by atoms with Crippen LogP contribution in [0.25, 0.3) is 16.7 Å². The summed E-state index contributed by atoms with van der Waals surface area (Å²) in [6, 6.07) is 7.12. The van der Waals surface area contributed by atoms with Gasteiger partial charge in [-0.05, 0) is 44.0 Å². The molecule has 1 aliphatic rings. The normalized spacial score (nSPS) is 17.7. The minimum absolute atomic E-state index is 0.0827. The standard InChI is InChI=1S/C19H21N5O4/c1-12(28-10-15-3-2-8-27-15)18(25)23-13-4-6-14(7-5-13)24-17-16(9-22-24)19(26)21-11-20-17/h4-7,9,11-12,15H,2-3,8,10H2,1H3,(H,23,25)(H,20,21,26). The Morgan fingerprint density at radius 3 is 3.00 bits per heavy atom. The van der Waals surface area contributed by atoms with Crippen LogP contribution in [0.4, 0.5) is 5.69 Å². The largest absolute Gasteiger partial charge is 0.376 e. The molecule has 2 atom stereocenters. The molecular formula is C19H21N5O4. The van der Waals surface area contributed by atoms with Gasteiger partial charge >= 0.3 is 0 Å². The monoisotopic (exact) mass is 383 g/mol. The van der Waals surface area contributed by atoms with Crippen molar-refractivity contribution in [1.29, 1.82) is 0 Å². The summed E-state index contributed by atoms with van der Waals surface area (Å²) < 4.78 is 12.7. The number of nitrogens with one attached hydrogen (secondary N) is 2. The van der Waals surface area contributed by atoms with Crippen LogP contribution in [0.3, 0.4) is 0 Å². The number of anilines is 1. The zero-order valence-corrected chi connectivity index (χ0v) is 15.4. The first-order valence-electron chi connectivity index (χ1n) is 9.18. The quantitative estimate of drug-likeness (QED) is 0.669. The molecule has 2 N–H and O–H groups in total. The molecule has 2 unspecified atom stereocenters. The summed E-state index contributed by atoms with van der Waals surface area (Å²) in [5, 5.41) is 7.47. The van der Waals surface area contributed by atoms with Gasteiger partial charge in [-0.15, -0.1) is 0 Å². The van der Waals surface area contributed by atoms with Crippen LogP contribution in [0.5, 0.6) is 0 Å². The molecule has 28 heavy (non-hydrogen) atoms. The van der Waals surface area contributed by atoms with Crippen molar-refractivity contribution >= 4 is 22.6 Å². The van der Waals surface area contributed by atoms with Crippen molar-refractivity contribution in [2.45, 2.75) is 32.0 Å². The Bertz CT molecular complexity index is 1020. The maximum Gasteiger partial charge on any atom is 0.261 e. The third-order valence-corrected chi connectivity index (χ3v) is 4.68. The van der Waals surface area contributed by atoms with Crippen LogP contribution < -0.4 is 10.9 Å². The van der Waals surface area contributed by atoms with Crippen molar-refractivity contribution in [3.63, 3.8) is 0 Å². The van der Waals surface area contributed by atoms with E-state index in [4.69, 9.17) is 9.47 Å². The summed E-state index contributed by atoms with van der Waals surface area (Å²) in [4.78, 5) is 30.8. The Hall–Kier alpha value is -3.04. The van der Waals surface area contributed by atoms with Crippen LogP contribution in [0, 0.1) is 0 Å². The molecule has 1 fully saturated rings. The van der Waals surface area contributed by atoms with Crippen molar-refractivity contribution in [2.24, 2.45) is 0 Å². The number of benzene rings is 1. The van der Waals surface area contributed by atoms with Crippen LogP contribution >= 0.6 is 0 Å². The number of carbonyl (C=O) groups is 1. The summed E-state index contributed by atoms with van der Waals surface area (Å²) >= 11 is 0. The molecule has 1 saturated heterocycles. The minimum Gasteiger partial charge on any atom is -0.376 e. The van der Waals surface area contributed by atoms with Gasteiger partial charge in [0, 0.05) is 12.3 Å². The first-order valence-corrected chi connectivity index (χ1v) is 9.18. The van der Waals surface area contributed by atoms with E-state index in [2.05, 4.69) is 20.4 Å². The van der Waals surface area contributed by atoms with Gasteiger partial charge in [0.15, 0.2) is 5.65 Å². The summed E-state index contributed by atoms with van der Waals surface area (Å²) in [7, 11) is 0. The molecule has 1 amide bonds. The number of H-pyrrole nitrogens is 1. The highest BCUT2D eigenvalue weighted by atomic mass is 16.5. The number of amides is 1. The van der Waals surface area contributed by atoms with Crippen molar-refractivity contribution < 1.29 is 14.3 Å². The number of carbonyl (C=O) groups excluding carboxylic acids is 1. The van der Waals surface area contributed by atoms with Crippen LogP contribution in [0.15, 0.2) is 41.6 Å². The molecule has 3 heterocycles. The predicted octanol–water partition coefficient (Wildman–Crippen LogP) is 1.63. The molecule has 0 bridgehead atoms. The highest BCUT2D eigenvalue weighted by Crippen LogP contribution is 2.17. The Morgan fingerprint density at radius 1 is 1.43 bits per heavy atom. The lowest BCUT2D eigenvalue weighted by Crippen LogP contribution is -2.30. The fraction of sp³-hybridized carbons (Fsp3) is 0.368. The van der Waals surface area contributed by atoms with Gasteiger partial charge in [-0.3, -0.25) is 9.59 Å². The number of aromatic amines is 1. The van der Waals surface area contributed by atoms with Gasteiger partial charge in [-0.2, -0.15) is 5.10 Å². The Labute approximate surface area is 160 Å². The molecular weight excluding hydrogens is 362 g/mol. The molecule has 0 radical (unpaired) electrons. The second kappa shape index (κ2) is 7.91. The molecule has 1 aromatic carbocycles. The van der Waals surface area contributed by atoms with Gasteiger partial charge in [0.25, 0.3) is 11.5 Å². The van der Waals surface area contributed by atoms with Crippen molar-refractivity contribution in [3.8, 4) is 5.69 Å². The van der Waals surface area contributed by atoms with E-state index in [9.17, 15) is 9.59 Å². The Kier molecular flexibility index (Phi) is 5.18. The summed E-state index contributed by atoms with van der Waals surface area (Å²) in [6.07, 6.45) is 4.34. The number of fused-ring (bicyclic) bond motifs is 1. The molecule has 1 aliphatic heterocycles. The number of nitrogens with zero attached hydrogens (tertiary/aromatic N) is 3. The lowest BCUT2D eigenvalue weighted by molar-refractivity contribution is -0.128. The zero-order chi connectivity index (χ0) is 19.5. The summed E-state index contributed by atoms with van der Waals surface area (Å²) in [5.41, 5.74) is 1.60. The fourth-order valence-electron chi connectivity index (χ4n) is 3.08. The highest BCUT2D eigenvalue weighted by Gasteiger charge is 2.20. The number of hydrogen-bond acceptors (Lipinski definition) is 6. The van der Waals surface area contributed by atoms with E-state index in [0.29, 0.717) is 23.3 Å². The highest BCUT2D eigenvalue weighted by molar-refractivity contribution is 5.94. The van der Waals surface area contributed by atoms with E-state index in [1.165, 1.54) is 12.5 Å². The molecule has 0 spiro atoms. The zero-order valence-electron chi connectivity index (χ0n) is 15.4. The number of rotatable bonds is 6. The van der Waals surface area contributed by atoms with E-state index in [-0.39, 0.29) is 17.6 Å². The molecule has 3 aromatic rings. The lowest BCUT2D eigenvalue weighted by Gasteiger charge is -2.16. The lowest BCUT2D eigenvalue weighted by atomic mass is 10.2. The minimum atomic E-state index is -0.574. The maximum atomic E-state index is 12.3.